The van der Waals surface area contributed by atoms with Crippen LogP contribution in [0, 0.1) is 19.7 Å². The van der Waals surface area contributed by atoms with Crippen molar-refractivity contribution < 1.29 is 9.13 Å². The van der Waals surface area contributed by atoms with Gasteiger partial charge in [0.05, 0.1) is 5.56 Å². The van der Waals surface area contributed by atoms with E-state index in [4.69, 9.17) is 22.7 Å². The number of halogens is 1. The molecule has 0 bridgehead atoms. The zero-order valence-corrected chi connectivity index (χ0v) is 11.6. The average molecular weight is 275 g/mol. The standard InChI is InChI=1S/C15H14FNOS/c1-9-6-7-10(2)13(8-9)18-12-5-3-4-11(16)14(12)15(17)19/h3-8H,1-2H3,(H2,17,19). The smallest absolute Gasteiger partial charge is 0.140 e. The SMILES string of the molecule is Cc1ccc(C)c(Oc2cccc(F)c2C(N)=S)c1. The van der Waals surface area contributed by atoms with Gasteiger partial charge in [0.1, 0.15) is 22.3 Å². The van der Waals surface area contributed by atoms with Crippen molar-refractivity contribution in [1.29, 1.82) is 0 Å². The Balaban J connectivity index is 2.46. The normalized spacial score (nSPS) is 10.3. The number of thiocarbonyl (C=S) groups is 1. The molecule has 0 radical (unpaired) electrons. The average Bonchev–Trinajstić information content (AvgIpc) is 2.33. The summed E-state index contributed by atoms with van der Waals surface area (Å²) in [6.45, 7) is 3.89. The van der Waals surface area contributed by atoms with Crippen LogP contribution in [0.3, 0.4) is 0 Å². The monoisotopic (exact) mass is 275 g/mol. The summed E-state index contributed by atoms with van der Waals surface area (Å²) in [5, 5.41) is 0. The van der Waals surface area contributed by atoms with Crippen molar-refractivity contribution >= 4 is 17.2 Å². The van der Waals surface area contributed by atoms with Crippen molar-refractivity contribution in [2.45, 2.75) is 13.8 Å². The highest BCUT2D eigenvalue weighted by atomic mass is 32.1. The topological polar surface area (TPSA) is 35.2 Å². The van der Waals surface area contributed by atoms with E-state index in [1.54, 1.807) is 12.1 Å². The van der Waals surface area contributed by atoms with Crippen molar-refractivity contribution in [2.75, 3.05) is 0 Å². The lowest BCUT2D eigenvalue weighted by Crippen LogP contribution is -2.13. The van der Waals surface area contributed by atoms with Crippen LogP contribution in [0.1, 0.15) is 16.7 Å². The highest BCUT2D eigenvalue weighted by molar-refractivity contribution is 7.80. The molecule has 0 aliphatic heterocycles. The molecule has 0 saturated heterocycles. The molecule has 2 rings (SSSR count). The van der Waals surface area contributed by atoms with E-state index in [9.17, 15) is 4.39 Å². The van der Waals surface area contributed by atoms with Crippen LogP contribution in [-0.4, -0.2) is 4.99 Å². The lowest BCUT2D eigenvalue weighted by atomic mass is 10.1. The molecule has 0 heterocycles. The van der Waals surface area contributed by atoms with E-state index in [0.717, 1.165) is 11.1 Å². The van der Waals surface area contributed by atoms with Crippen LogP contribution in [0.5, 0.6) is 11.5 Å². The van der Waals surface area contributed by atoms with E-state index < -0.39 is 5.82 Å². The highest BCUT2D eigenvalue weighted by Gasteiger charge is 2.13. The molecule has 0 aliphatic carbocycles. The molecule has 2 N–H and O–H groups in total. The van der Waals surface area contributed by atoms with E-state index >= 15 is 0 Å². The van der Waals surface area contributed by atoms with Crippen molar-refractivity contribution in [3.05, 3.63) is 58.9 Å². The molecule has 0 atom stereocenters. The Kier molecular flexibility index (Phi) is 3.81. The van der Waals surface area contributed by atoms with Crippen molar-refractivity contribution in [3.63, 3.8) is 0 Å². The van der Waals surface area contributed by atoms with Crippen molar-refractivity contribution in [2.24, 2.45) is 5.73 Å². The van der Waals surface area contributed by atoms with Crippen molar-refractivity contribution in [3.8, 4) is 11.5 Å². The van der Waals surface area contributed by atoms with Gasteiger partial charge in [0.15, 0.2) is 0 Å². The quantitative estimate of drug-likeness (QED) is 0.864. The third kappa shape index (κ3) is 2.90. The summed E-state index contributed by atoms with van der Waals surface area (Å²) >= 11 is 4.87. The Morgan fingerprint density at radius 2 is 1.89 bits per heavy atom. The fourth-order valence-electron chi connectivity index (χ4n) is 1.76. The minimum absolute atomic E-state index is 0.0154. The van der Waals surface area contributed by atoms with Gasteiger partial charge in [-0.2, -0.15) is 0 Å². The van der Waals surface area contributed by atoms with Crippen LogP contribution < -0.4 is 10.5 Å². The molecule has 2 nitrogen and oxygen atoms in total. The van der Waals surface area contributed by atoms with Gasteiger partial charge in [0, 0.05) is 0 Å². The Labute approximate surface area is 117 Å². The third-order valence-corrected chi connectivity index (χ3v) is 2.99. The van der Waals surface area contributed by atoms with Gasteiger partial charge >= 0.3 is 0 Å². The molecule has 0 unspecified atom stereocenters. The van der Waals surface area contributed by atoms with Crippen LogP contribution in [0.25, 0.3) is 0 Å². The molecule has 2 aromatic rings. The summed E-state index contributed by atoms with van der Waals surface area (Å²) in [7, 11) is 0. The Hall–Kier alpha value is -1.94. The van der Waals surface area contributed by atoms with Gasteiger partial charge in [-0.05, 0) is 43.2 Å². The van der Waals surface area contributed by atoms with E-state index in [1.165, 1.54) is 6.07 Å². The molecule has 4 heteroatoms. The second-order valence-corrected chi connectivity index (χ2v) is 4.79. The highest BCUT2D eigenvalue weighted by Crippen LogP contribution is 2.29. The number of ether oxygens (including phenoxy) is 1. The van der Waals surface area contributed by atoms with Crippen molar-refractivity contribution in [1.82, 2.24) is 0 Å². The van der Waals surface area contributed by atoms with Gasteiger partial charge in [-0.3, -0.25) is 0 Å². The third-order valence-electron chi connectivity index (χ3n) is 2.79. The molecule has 2 aromatic carbocycles. The first-order chi connectivity index (χ1) is 8.99. The molecule has 19 heavy (non-hydrogen) atoms. The first-order valence-corrected chi connectivity index (χ1v) is 6.23. The van der Waals surface area contributed by atoms with Crippen LogP contribution in [0.2, 0.25) is 0 Å². The van der Waals surface area contributed by atoms with Gasteiger partial charge < -0.3 is 10.5 Å². The Bertz CT molecular complexity index is 640. The maximum atomic E-state index is 13.7. The van der Waals surface area contributed by atoms with Gasteiger partial charge in [0.25, 0.3) is 0 Å². The number of hydrogen-bond acceptors (Lipinski definition) is 2. The fraction of sp³-hybridized carbons (Fsp3) is 0.133. The minimum Gasteiger partial charge on any atom is -0.456 e. The zero-order chi connectivity index (χ0) is 14.0. The summed E-state index contributed by atoms with van der Waals surface area (Å²) in [4.78, 5) is -0.0154. The maximum absolute atomic E-state index is 13.7. The second-order valence-electron chi connectivity index (χ2n) is 4.35. The fourth-order valence-corrected chi connectivity index (χ4v) is 1.96. The van der Waals surface area contributed by atoms with Gasteiger partial charge in [-0.25, -0.2) is 4.39 Å². The number of rotatable bonds is 3. The number of hydrogen-bond donors (Lipinski definition) is 1. The zero-order valence-electron chi connectivity index (χ0n) is 10.7. The summed E-state index contributed by atoms with van der Waals surface area (Å²) < 4.78 is 19.5. The largest absolute Gasteiger partial charge is 0.456 e. The van der Waals surface area contributed by atoms with E-state index in [2.05, 4.69) is 0 Å². The number of benzene rings is 2. The maximum Gasteiger partial charge on any atom is 0.140 e. The summed E-state index contributed by atoms with van der Waals surface area (Å²) in [5.74, 6) is 0.527. The molecular weight excluding hydrogens is 261 g/mol. The number of nitrogens with two attached hydrogens (primary N) is 1. The molecular formula is C15H14FNOS. The molecule has 0 saturated carbocycles. The Morgan fingerprint density at radius 1 is 1.16 bits per heavy atom. The van der Waals surface area contributed by atoms with Gasteiger partial charge in [-0.15, -0.1) is 0 Å². The van der Waals surface area contributed by atoms with E-state index in [1.807, 2.05) is 32.0 Å². The molecule has 98 valence electrons. The summed E-state index contributed by atoms with van der Waals surface area (Å²) in [6.07, 6.45) is 0. The second kappa shape index (κ2) is 5.36. The van der Waals surface area contributed by atoms with Gasteiger partial charge in [-0.1, -0.05) is 30.4 Å². The lowest BCUT2D eigenvalue weighted by Gasteiger charge is -2.13. The molecule has 0 spiro atoms. The van der Waals surface area contributed by atoms with E-state index in [0.29, 0.717) is 11.5 Å². The molecule has 0 aliphatic rings. The minimum atomic E-state index is -0.477. The molecule has 0 amide bonds. The van der Waals surface area contributed by atoms with Crippen LogP contribution in [-0.2, 0) is 0 Å². The van der Waals surface area contributed by atoms with E-state index in [-0.39, 0.29) is 10.6 Å². The molecule has 0 fully saturated rings. The predicted octanol–water partition coefficient (Wildman–Crippen LogP) is 3.87. The Morgan fingerprint density at radius 3 is 2.58 bits per heavy atom. The van der Waals surface area contributed by atoms with Crippen LogP contribution in [0.15, 0.2) is 36.4 Å². The first kappa shape index (κ1) is 13.5. The predicted molar refractivity (Wildman–Crippen MR) is 78.3 cm³/mol. The first-order valence-electron chi connectivity index (χ1n) is 5.82. The number of aryl methyl sites for hydroxylation is 2. The van der Waals surface area contributed by atoms with Crippen LogP contribution >= 0.6 is 12.2 Å². The van der Waals surface area contributed by atoms with Crippen LogP contribution in [0.4, 0.5) is 4.39 Å². The lowest BCUT2D eigenvalue weighted by molar-refractivity contribution is 0.471. The summed E-state index contributed by atoms with van der Waals surface area (Å²) in [5.41, 5.74) is 7.71. The molecule has 0 aromatic heterocycles. The summed E-state index contributed by atoms with van der Waals surface area (Å²) in [6, 6.07) is 10.4. The van der Waals surface area contributed by atoms with Gasteiger partial charge in [0.2, 0.25) is 0 Å².